The Kier molecular flexibility index (Phi) is 4.78. The van der Waals surface area contributed by atoms with E-state index in [-0.39, 0.29) is 11.6 Å². The molecule has 8 heteroatoms. The summed E-state index contributed by atoms with van der Waals surface area (Å²) in [6.07, 6.45) is 1.59. The standard InChI is InChI=1S/C19H18F2N6/c20-14-4-3-5-15(12-14)23-19-24-18(13-22-25-19)27-10-8-26(9-11-27)17-7-2-1-6-16(17)21/h1-7,12-13H,8-11H2,(H,23,24,25). The van der Waals surface area contributed by atoms with Crippen molar-refractivity contribution in [2.24, 2.45) is 0 Å². The average Bonchev–Trinajstić information content (AvgIpc) is 2.69. The number of nitrogens with zero attached hydrogens (tertiary/aromatic N) is 5. The molecule has 1 aliphatic heterocycles. The van der Waals surface area contributed by atoms with Crippen molar-refractivity contribution in [3.05, 3.63) is 66.4 Å². The first-order valence-electron chi connectivity index (χ1n) is 8.66. The van der Waals surface area contributed by atoms with Gasteiger partial charge >= 0.3 is 0 Å². The summed E-state index contributed by atoms with van der Waals surface area (Å²) in [6.45, 7) is 2.73. The number of hydrogen-bond donors (Lipinski definition) is 1. The Labute approximate surface area is 155 Å². The topological polar surface area (TPSA) is 57.2 Å². The second kappa shape index (κ2) is 7.53. The number of hydrogen-bond acceptors (Lipinski definition) is 6. The molecule has 2 heterocycles. The Hall–Kier alpha value is -3.29. The van der Waals surface area contributed by atoms with E-state index >= 15 is 0 Å². The van der Waals surface area contributed by atoms with Gasteiger partial charge in [0.2, 0.25) is 5.95 Å². The second-order valence-electron chi connectivity index (χ2n) is 6.20. The number of rotatable bonds is 4. The zero-order valence-electron chi connectivity index (χ0n) is 14.5. The van der Waals surface area contributed by atoms with Crippen LogP contribution in [-0.2, 0) is 0 Å². The lowest BCUT2D eigenvalue weighted by Gasteiger charge is -2.36. The SMILES string of the molecule is Fc1cccc(Nc2nncc(N3CCN(c4ccccc4F)CC3)n2)c1. The van der Waals surface area contributed by atoms with Crippen LogP contribution in [0.15, 0.2) is 54.7 Å². The molecular weight excluding hydrogens is 350 g/mol. The lowest BCUT2D eigenvalue weighted by Crippen LogP contribution is -2.47. The van der Waals surface area contributed by atoms with Crippen LogP contribution in [0.1, 0.15) is 0 Å². The highest BCUT2D eigenvalue weighted by atomic mass is 19.1. The third-order valence-electron chi connectivity index (χ3n) is 4.42. The Morgan fingerprint density at radius 3 is 2.44 bits per heavy atom. The summed E-state index contributed by atoms with van der Waals surface area (Å²) in [4.78, 5) is 8.56. The van der Waals surface area contributed by atoms with Crippen LogP contribution in [0.25, 0.3) is 0 Å². The molecule has 0 atom stereocenters. The molecule has 1 saturated heterocycles. The number of halogens is 2. The first-order chi connectivity index (χ1) is 13.2. The molecule has 0 aliphatic carbocycles. The smallest absolute Gasteiger partial charge is 0.249 e. The number of aromatic nitrogens is 3. The number of para-hydroxylation sites is 1. The van der Waals surface area contributed by atoms with Crippen molar-refractivity contribution in [3.63, 3.8) is 0 Å². The number of anilines is 4. The third-order valence-corrected chi connectivity index (χ3v) is 4.42. The van der Waals surface area contributed by atoms with Crippen LogP contribution >= 0.6 is 0 Å². The van der Waals surface area contributed by atoms with Crippen molar-refractivity contribution in [2.75, 3.05) is 41.3 Å². The molecule has 4 rings (SSSR count). The van der Waals surface area contributed by atoms with Gasteiger partial charge < -0.3 is 15.1 Å². The predicted molar refractivity (Wildman–Crippen MR) is 100 cm³/mol. The van der Waals surface area contributed by atoms with Gasteiger partial charge in [0.25, 0.3) is 0 Å². The maximum absolute atomic E-state index is 14.0. The molecule has 0 spiro atoms. The van der Waals surface area contributed by atoms with Gasteiger partial charge in [-0.05, 0) is 30.3 Å². The predicted octanol–water partition coefficient (Wildman–Crippen LogP) is 3.22. The molecule has 2 aromatic carbocycles. The van der Waals surface area contributed by atoms with Crippen molar-refractivity contribution in [3.8, 4) is 0 Å². The summed E-state index contributed by atoms with van der Waals surface area (Å²) >= 11 is 0. The molecule has 0 unspecified atom stereocenters. The van der Waals surface area contributed by atoms with E-state index in [1.165, 1.54) is 18.2 Å². The third kappa shape index (κ3) is 3.94. The molecule has 0 amide bonds. The van der Waals surface area contributed by atoms with E-state index in [9.17, 15) is 8.78 Å². The summed E-state index contributed by atoms with van der Waals surface area (Å²) in [7, 11) is 0. The lowest BCUT2D eigenvalue weighted by atomic mass is 10.2. The van der Waals surface area contributed by atoms with Crippen LogP contribution in [0, 0.1) is 11.6 Å². The monoisotopic (exact) mass is 368 g/mol. The van der Waals surface area contributed by atoms with Crippen LogP contribution in [0.5, 0.6) is 0 Å². The van der Waals surface area contributed by atoms with Crippen LogP contribution < -0.4 is 15.1 Å². The highest BCUT2D eigenvalue weighted by Gasteiger charge is 2.20. The van der Waals surface area contributed by atoms with Crippen molar-refractivity contribution in [2.45, 2.75) is 0 Å². The van der Waals surface area contributed by atoms with Gasteiger partial charge in [-0.15, -0.1) is 5.10 Å². The molecule has 1 aromatic heterocycles. The molecule has 1 N–H and O–H groups in total. The minimum Gasteiger partial charge on any atom is -0.366 e. The van der Waals surface area contributed by atoms with Gasteiger partial charge in [0, 0.05) is 31.9 Å². The van der Waals surface area contributed by atoms with E-state index in [2.05, 4.69) is 25.4 Å². The largest absolute Gasteiger partial charge is 0.366 e. The van der Waals surface area contributed by atoms with E-state index < -0.39 is 0 Å². The molecular formula is C19H18F2N6. The highest BCUT2D eigenvalue weighted by Crippen LogP contribution is 2.22. The van der Waals surface area contributed by atoms with Gasteiger partial charge in [-0.25, -0.2) is 8.78 Å². The molecule has 0 radical (unpaired) electrons. The molecule has 138 valence electrons. The zero-order chi connectivity index (χ0) is 18.6. The van der Waals surface area contributed by atoms with Gasteiger partial charge in [0.1, 0.15) is 11.6 Å². The quantitative estimate of drug-likeness (QED) is 0.763. The molecule has 27 heavy (non-hydrogen) atoms. The van der Waals surface area contributed by atoms with E-state index in [1.54, 1.807) is 30.5 Å². The van der Waals surface area contributed by atoms with E-state index in [1.807, 2.05) is 11.0 Å². The fourth-order valence-electron chi connectivity index (χ4n) is 3.08. The molecule has 0 bridgehead atoms. The maximum atomic E-state index is 14.0. The van der Waals surface area contributed by atoms with Crippen LogP contribution in [0.4, 0.5) is 31.9 Å². The van der Waals surface area contributed by atoms with Crippen LogP contribution in [-0.4, -0.2) is 41.4 Å². The van der Waals surface area contributed by atoms with Crippen LogP contribution in [0.3, 0.4) is 0 Å². The van der Waals surface area contributed by atoms with Gasteiger partial charge in [-0.3, -0.25) is 0 Å². The fraction of sp³-hybridized carbons (Fsp3) is 0.211. The van der Waals surface area contributed by atoms with Crippen molar-refractivity contribution in [1.29, 1.82) is 0 Å². The van der Waals surface area contributed by atoms with Gasteiger partial charge in [0.15, 0.2) is 5.82 Å². The van der Waals surface area contributed by atoms with E-state index in [0.717, 1.165) is 0 Å². The van der Waals surface area contributed by atoms with E-state index in [0.29, 0.717) is 49.3 Å². The molecule has 1 fully saturated rings. The number of nitrogens with one attached hydrogen (secondary N) is 1. The second-order valence-corrected chi connectivity index (χ2v) is 6.20. The summed E-state index contributed by atoms with van der Waals surface area (Å²) < 4.78 is 27.3. The maximum Gasteiger partial charge on any atom is 0.249 e. The summed E-state index contributed by atoms with van der Waals surface area (Å²) in [5, 5.41) is 10.9. The summed E-state index contributed by atoms with van der Waals surface area (Å²) in [5.74, 6) is 0.427. The Morgan fingerprint density at radius 1 is 0.889 bits per heavy atom. The molecule has 0 saturated carbocycles. The average molecular weight is 368 g/mol. The number of piperazine rings is 1. The van der Waals surface area contributed by atoms with Crippen LogP contribution in [0.2, 0.25) is 0 Å². The Bertz CT molecular complexity index is 927. The summed E-state index contributed by atoms with van der Waals surface area (Å²) in [5.41, 5.74) is 1.17. The van der Waals surface area contributed by atoms with Crippen molar-refractivity contribution < 1.29 is 8.78 Å². The Morgan fingerprint density at radius 2 is 1.67 bits per heavy atom. The minimum atomic E-state index is -0.339. The van der Waals surface area contributed by atoms with Gasteiger partial charge in [0.05, 0.1) is 11.9 Å². The first kappa shape index (κ1) is 17.1. The normalized spacial score (nSPS) is 14.3. The molecule has 1 aliphatic rings. The molecule has 3 aromatic rings. The fourth-order valence-corrected chi connectivity index (χ4v) is 3.08. The molecule has 6 nitrogen and oxygen atoms in total. The first-order valence-corrected chi connectivity index (χ1v) is 8.66. The zero-order valence-corrected chi connectivity index (χ0v) is 14.5. The highest BCUT2D eigenvalue weighted by molar-refractivity contribution is 5.55. The van der Waals surface area contributed by atoms with Crippen molar-refractivity contribution in [1.82, 2.24) is 15.2 Å². The van der Waals surface area contributed by atoms with E-state index in [4.69, 9.17) is 0 Å². The minimum absolute atomic E-state index is 0.212. The lowest BCUT2D eigenvalue weighted by molar-refractivity contribution is 0.595. The van der Waals surface area contributed by atoms with Gasteiger partial charge in [-0.2, -0.15) is 10.1 Å². The van der Waals surface area contributed by atoms with Crippen molar-refractivity contribution >= 4 is 23.1 Å². The number of benzene rings is 2. The Balaban J connectivity index is 1.43. The summed E-state index contributed by atoms with van der Waals surface area (Å²) in [6, 6.07) is 12.9. The van der Waals surface area contributed by atoms with Gasteiger partial charge in [-0.1, -0.05) is 18.2 Å².